The monoisotopic (exact) mass is 154 g/mol. The topological polar surface area (TPSA) is 47.3 Å². The molecule has 0 aromatic rings. The van der Waals surface area contributed by atoms with Gasteiger partial charge in [-0.2, -0.15) is 5.26 Å². The van der Waals surface area contributed by atoms with E-state index in [1.807, 2.05) is 6.92 Å². The van der Waals surface area contributed by atoms with E-state index in [1.54, 1.807) is 4.90 Å². The van der Waals surface area contributed by atoms with Crippen LogP contribution in [0.1, 0.15) is 19.8 Å². The minimum atomic E-state index is -0.212. The molecule has 0 amide bonds. The lowest BCUT2D eigenvalue weighted by molar-refractivity contribution is 0.0864. The van der Waals surface area contributed by atoms with E-state index >= 15 is 0 Å². The molecule has 3 heteroatoms. The minimum absolute atomic E-state index is 0.212. The normalized spacial score (nSPS) is 22.8. The summed E-state index contributed by atoms with van der Waals surface area (Å²) in [7, 11) is 0. The summed E-state index contributed by atoms with van der Waals surface area (Å²) in [5.41, 5.74) is 0. The van der Waals surface area contributed by atoms with Crippen molar-refractivity contribution in [2.75, 3.05) is 13.1 Å². The van der Waals surface area contributed by atoms with Gasteiger partial charge in [0.05, 0.1) is 6.10 Å². The Kier molecular flexibility index (Phi) is 2.72. The highest BCUT2D eigenvalue weighted by molar-refractivity contribution is 4.82. The second kappa shape index (κ2) is 3.59. The summed E-state index contributed by atoms with van der Waals surface area (Å²) in [5.74, 6) is 0.402. The molecule has 1 atom stereocenters. The van der Waals surface area contributed by atoms with E-state index in [0.29, 0.717) is 5.92 Å². The van der Waals surface area contributed by atoms with E-state index in [2.05, 4.69) is 6.19 Å². The highest BCUT2D eigenvalue weighted by Gasteiger charge is 2.21. The van der Waals surface area contributed by atoms with Crippen LogP contribution in [0.5, 0.6) is 0 Å². The number of likely N-dealkylation sites (tertiary alicyclic amines) is 1. The quantitative estimate of drug-likeness (QED) is 0.561. The molecule has 1 N–H and O–H groups in total. The van der Waals surface area contributed by atoms with Crippen LogP contribution in [0, 0.1) is 17.4 Å². The summed E-state index contributed by atoms with van der Waals surface area (Å²) in [6.07, 6.45) is 3.80. The molecule has 3 nitrogen and oxygen atoms in total. The fraction of sp³-hybridized carbons (Fsp3) is 0.875. The molecule has 1 aliphatic rings. The van der Waals surface area contributed by atoms with Crippen LogP contribution in [-0.2, 0) is 0 Å². The first-order valence-electron chi connectivity index (χ1n) is 4.07. The number of nitriles is 1. The summed E-state index contributed by atoms with van der Waals surface area (Å²) in [4.78, 5) is 1.75. The number of hydrogen-bond donors (Lipinski definition) is 1. The number of aliphatic hydroxyl groups is 1. The zero-order valence-electron chi connectivity index (χ0n) is 6.82. The minimum Gasteiger partial charge on any atom is -0.393 e. The SMILES string of the molecule is C[C@@H](O)C1CCN(C#N)CC1. The lowest BCUT2D eigenvalue weighted by Crippen LogP contribution is -2.34. The van der Waals surface area contributed by atoms with E-state index in [1.165, 1.54) is 0 Å². The summed E-state index contributed by atoms with van der Waals surface area (Å²) >= 11 is 0. The molecule has 11 heavy (non-hydrogen) atoms. The van der Waals surface area contributed by atoms with Crippen molar-refractivity contribution in [2.24, 2.45) is 5.92 Å². The van der Waals surface area contributed by atoms with Crippen molar-refractivity contribution in [3.05, 3.63) is 0 Å². The van der Waals surface area contributed by atoms with E-state index in [-0.39, 0.29) is 6.10 Å². The third kappa shape index (κ3) is 2.09. The molecule has 1 aliphatic heterocycles. The van der Waals surface area contributed by atoms with Crippen molar-refractivity contribution in [1.82, 2.24) is 4.90 Å². The van der Waals surface area contributed by atoms with Crippen LogP contribution in [-0.4, -0.2) is 29.2 Å². The summed E-state index contributed by atoms with van der Waals surface area (Å²) in [6, 6.07) is 0. The fourth-order valence-electron chi connectivity index (χ4n) is 1.48. The molecule has 62 valence electrons. The lowest BCUT2D eigenvalue weighted by atomic mass is 9.92. The van der Waals surface area contributed by atoms with Gasteiger partial charge in [0.1, 0.15) is 0 Å². The molecule has 0 aromatic heterocycles. The van der Waals surface area contributed by atoms with Gasteiger partial charge >= 0.3 is 0 Å². The second-order valence-electron chi connectivity index (χ2n) is 3.17. The third-order valence-corrected chi connectivity index (χ3v) is 2.36. The van der Waals surface area contributed by atoms with Crippen molar-refractivity contribution >= 4 is 0 Å². The average molecular weight is 154 g/mol. The Morgan fingerprint density at radius 3 is 2.45 bits per heavy atom. The zero-order chi connectivity index (χ0) is 8.27. The number of hydrogen-bond acceptors (Lipinski definition) is 3. The standard InChI is InChI=1S/C8H14N2O/c1-7(11)8-2-4-10(6-9)5-3-8/h7-8,11H,2-5H2,1H3/t7-/m1/s1. The van der Waals surface area contributed by atoms with Crippen molar-refractivity contribution < 1.29 is 5.11 Å². The Balaban J connectivity index is 2.31. The first kappa shape index (κ1) is 8.35. The van der Waals surface area contributed by atoms with Gasteiger partial charge < -0.3 is 10.0 Å². The summed E-state index contributed by atoms with van der Waals surface area (Å²) in [5, 5.41) is 17.8. The number of piperidine rings is 1. The number of nitrogens with zero attached hydrogens (tertiary/aromatic N) is 2. The highest BCUT2D eigenvalue weighted by atomic mass is 16.3. The van der Waals surface area contributed by atoms with Crippen molar-refractivity contribution in [3.63, 3.8) is 0 Å². The predicted molar refractivity (Wildman–Crippen MR) is 41.6 cm³/mol. The number of aliphatic hydroxyl groups excluding tert-OH is 1. The molecular weight excluding hydrogens is 140 g/mol. The Morgan fingerprint density at radius 1 is 1.55 bits per heavy atom. The molecule has 0 unspecified atom stereocenters. The summed E-state index contributed by atoms with van der Waals surface area (Å²) in [6.45, 7) is 3.45. The lowest BCUT2D eigenvalue weighted by Gasteiger charge is -2.29. The molecule has 1 heterocycles. The maximum absolute atomic E-state index is 9.23. The molecule has 0 radical (unpaired) electrons. The second-order valence-corrected chi connectivity index (χ2v) is 3.17. The Hall–Kier alpha value is -0.750. The van der Waals surface area contributed by atoms with Crippen molar-refractivity contribution in [2.45, 2.75) is 25.9 Å². The van der Waals surface area contributed by atoms with Crippen molar-refractivity contribution in [3.8, 4) is 6.19 Å². The van der Waals surface area contributed by atoms with Gasteiger partial charge in [0.2, 0.25) is 0 Å². The molecule has 0 aliphatic carbocycles. The first-order valence-corrected chi connectivity index (χ1v) is 4.07. The van der Waals surface area contributed by atoms with Gasteiger partial charge in [-0.05, 0) is 25.7 Å². The smallest absolute Gasteiger partial charge is 0.179 e. The van der Waals surface area contributed by atoms with Crippen LogP contribution in [0.2, 0.25) is 0 Å². The van der Waals surface area contributed by atoms with Gasteiger partial charge in [-0.15, -0.1) is 0 Å². The maximum Gasteiger partial charge on any atom is 0.179 e. The van der Waals surface area contributed by atoms with E-state index in [4.69, 9.17) is 5.26 Å². The molecule has 0 saturated carbocycles. The van der Waals surface area contributed by atoms with Crippen LogP contribution in [0.25, 0.3) is 0 Å². The first-order chi connectivity index (χ1) is 5.24. The van der Waals surface area contributed by atoms with Gasteiger partial charge in [-0.3, -0.25) is 0 Å². The van der Waals surface area contributed by atoms with Gasteiger partial charge in [0.25, 0.3) is 0 Å². The Morgan fingerprint density at radius 2 is 2.09 bits per heavy atom. The largest absolute Gasteiger partial charge is 0.393 e. The van der Waals surface area contributed by atoms with Crippen LogP contribution in [0.4, 0.5) is 0 Å². The van der Waals surface area contributed by atoms with Crippen LogP contribution >= 0.6 is 0 Å². The molecular formula is C8H14N2O. The van der Waals surface area contributed by atoms with E-state index in [9.17, 15) is 5.11 Å². The van der Waals surface area contributed by atoms with Crippen LogP contribution < -0.4 is 0 Å². The van der Waals surface area contributed by atoms with E-state index < -0.39 is 0 Å². The highest BCUT2D eigenvalue weighted by Crippen LogP contribution is 2.19. The van der Waals surface area contributed by atoms with Crippen LogP contribution in [0.3, 0.4) is 0 Å². The molecule has 1 saturated heterocycles. The van der Waals surface area contributed by atoms with E-state index in [0.717, 1.165) is 25.9 Å². The van der Waals surface area contributed by atoms with Gasteiger partial charge in [0, 0.05) is 13.1 Å². The average Bonchev–Trinajstić information content (AvgIpc) is 2.05. The molecule has 1 rings (SSSR count). The fourth-order valence-corrected chi connectivity index (χ4v) is 1.48. The molecule has 0 aromatic carbocycles. The van der Waals surface area contributed by atoms with Gasteiger partial charge in [-0.1, -0.05) is 0 Å². The van der Waals surface area contributed by atoms with Crippen molar-refractivity contribution in [1.29, 1.82) is 5.26 Å². The van der Waals surface area contributed by atoms with Crippen LogP contribution in [0.15, 0.2) is 0 Å². The molecule has 1 fully saturated rings. The zero-order valence-corrected chi connectivity index (χ0v) is 6.82. The molecule has 0 spiro atoms. The number of rotatable bonds is 1. The maximum atomic E-state index is 9.23. The van der Waals surface area contributed by atoms with Gasteiger partial charge in [-0.25, -0.2) is 0 Å². The summed E-state index contributed by atoms with van der Waals surface area (Å²) < 4.78 is 0. The third-order valence-electron chi connectivity index (χ3n) is 2.36. The molecule has 0 bridgehead atoms. The predicted octanol–water partition coefficient (Wildman–Crippen LogP) is 0.560. The Bertz CT molecular complexity index is 154. The Labute approximate surface area is 67.2 Å². The van der Waals surface area contributed by atoms with Gasteiger partial charge in [0.15, 0.2) is 6.19 Å².